The van der Waals surface area contributed by atoms with E-state index in [4.69, 9.17) is 9.26 Å². The van der Waals surface area contributed by atoms with Gasteiger partial charge in [-0.15, -0.1) is 0 Å². The topological polar surface area (TPSA) is 84.7 Å². The molecule has 0 unspecified atom stereocenters. The number of hydrogen-bond donors (Lipinski definition) is 1. The lowest BCUT2D eigenvalue weighted by atomic mass is 9.88. The Labute approximate surface area is 176 Å². The molecule has 1 aromatic heterocycles. The first-order chi connectivity index (χ1) is 14.5. The van der Waals surface area contributed by atoms with Crippen LogP contribution in [-0.4, -0.2) is 48.1 Å². The summed E-state index contributed by atoms with van der Waals surface area (Å²) in [4.78, 5) is 27.1. The maximum absolute atomic E-state index is 12.7. The highest BCUT2D eigenvalue weighted by atomic mass is 16.5. The number of methoxy groups -OCH3 is 1. The van der Waals surface area contributed by atoms with Crippen molar-refractivity contribution in [3.05, 3.63) is 47.3 Å². The van der Waals surface area contributed by atoms with E-state index in [-0.39, 0.29) is 17.9 Å². The van der Waals surface area contributed by atoms with E-state index in [0.717, 1.165) is 25.1 Å². The molecular weight excluding hydrogens is 382 g/mol. The van der Waals surface area contributed by atoms with Gasteiger partial charge in [-0.2, -0.15) is 0 Å². The molecule has 1 saturated heterocycles. The minimum absolute atomic E-state index is 0.219. The number of carbonyl (C=O) groups is 2. The van der Waals surface area contributed by atoms with Gasteiger partial charge in [0.25, 0.3) is 5.91 Å². The molecule has 0 radical (unpaired) electrons. The first kappa shape index (κ1) is 20.4. The Bertz CT molecular complexity index is 907. The van der Waals surface area contributed by atoms with Crippen LogP contribution in [-0.2, 0) is 11.2 Å². The molecule has 30 heavy (non-hydrogen) atoms. The molecule has 1 N–H and O–H groups in total. The molecule has 1 saturated carbocycles. The number of nitrogens with one attached hydrogen (secondary N) is 1. The van der Waals surface area contributed by atoms with Crippen molar-refractivity contribution in [2.45, 2.75) is 39.2 Å². The van der Waals surface area contributed by atoms with Gasteiger partial charge >= 0.3 is 0 Å². The van der Waals surface area contributed by atoms with Crippen molar-refractivity contribution in [1.29, 1.82) is 0 Å². The van der Waals surface area contributed by atoms with Gasteiger partial charge in [0.05, 0.1) is 7.11 Å². The van der Waals surface area contributed by atoms with Gasteiger partial charge in [-0.3, -0.25) is 9.59 Å². The standard InChI is InChI=1S/C23H29N3O4/c1-14-10-21-18(19(14)13-24-23(28)20-11-15(2)30-25-20)12-22(27)26(21)9-8-16-4-6-17(29-3)7-5-16/h4-7,11,14,18-19,21H,8-10,12-13H2,1-3H3,(H,24,28)/t14-,18-,19+,21+/m0/s1. The third-order valence-corrected chi connectivity index (χ3v) is 6.68. The molecule has 2 fully saturated rings. The summed E-state index contributed by atoms with van der Waals surface area (Å²) in [6.45, 7) is 5.28. The van der Waals surface area contributed by atoms with Gasteiger partial charge < -0.3 is 19.5 Å². The Balaban J connectivity index is 1.35. The molecular formula is C23H29N3O4. The third kappa shape index (κ3) is 4.06. The molecule has 2 amide bonds. The van der Waals surface area contributed by atoms with Gasteiger partial charge in [-0.1, -0.05) is 24.2 Å². The van der Waals surface area contributed by atoms with Crippen molar-refractivity contribution >= 4 is 11.8 Å². The number of nitrogens with zero attached hydrogens (tertiary/aromatic N) is 2. The number of aryl methyl sites for hydroxylation is 1. The predicted molar refractivity (Wildman–Crippen MR) is 111 cm³/mol. The number of aromatic nitrogens is 1. The average Bonchev–Trinajstić information content (AvgIpc) is 3.39. The number of amides is 2. The minimum atomic E-state index is -0.219. The van der Waals surface area contributed by atoms with Gasteiger partial charge in [0.1, 0.15) is 11.5 Å². The number of carbonyl (C=O) groups excluding carboxylic acids is 2. The zero-order valence-electron chi connectivity index (χ0n) is 17.8. The summed E-state index contributed by atoms with van der Waals surface area (Å²) < 4.78 is 10.2. The van der Waals surface area contributed by atoms with Crippen LogP contribution in [0.3, 0.4) is 0 Å². The fourth-order valence-corrected chi connectivity index (χ4v) is 5.05. The Hall–Kier alpha value is -2.83. The lowest BCUT2D eigenvalue weighted by Gasteiger charge is -2.24. The summed E-state index contributed by atoms with van der Waals surface area (Å²) in [5, 5.41) is 6.77. The maximum Gasteiger partial charge on any atom is 0.273 e. The molecule has 0 spiro atoms. The van der Waals surface area contributed by atoms with Crippen LogP contribution >= 0.6 is 0 Å². The van der Waals surface area contributed by atoms with Crippen LogP contribution in [0.5, 0.6) is 5.75 Å². The van der Waals surface area contributed by atoms with Gasteiger partial charge in [-0.05, 0) is 55.2 Å². The first-order valence-electron chi connectivity index (χ1n) is 10.6. The van der Waals surface area contributed by atoms with Crippen LogP contribution < -0.4 is 10.1 Å². The molecule has 7 heteroatoms. The zero-order valence-corrected chi connectivity index (χ0v) is 17.8. The minimum Gasteiger partial charge on any atom is -0.497 e. The van der Waals surface area contributed by atoms with Crippen LogP contribution in [0.4, 0.5) is 0 Å². The van der Waals surface area contributed by atoms with E-state index in [1.807, 2.05) is 12.1 Å². The Morgan fingerprint density at radius 1 is 1.33 bits per heavy atom. The molecule has 1 aliphatic carbocycles. The average molecular weight is 412 g/mol. The number of benzene rings is 1. The Morgan fingerprint density at radius 2 is 2.10 bits per heavy atom. The van der Waals surface area contributed by atoms with Crippen molar-refractivity contribution in [1.82, 2.24) is 15.4 Å². The number of hydrogen-bond acceptors (Lipinski definition) is 5. The molecule has 160 valence electrons. The number of likely N-dealkylation sites (tertiary alicyclic amines) is 1. The van der Waals surface area contributed by atoms with Crippen LogP contribution in [0.1, 0.15) is 41.6 Å². The quantitative estimate of drug-likeness (QED) is 0.757. The maximum atomic E-state index is 12.7. The molecule has 1 aliphatic heterocycles. The molecule has 7 nitrogen and oxygen atoms in total. The lowest BCUT2D eigenvalue weighted by molar-refractivity contribution is -0.129. The normalized spacial score (nSPS) is 25.4. The van der Waals surface area contributed by atoms with E-state index in [9.17, 15) is 9.59 Å². The van der Waals surface area contributed by atoms with E-state index in [2.05, 4.69) is 34.4 Å². The monoisotopic (exact) mass is 411 g/mol. The van der Waals surface area contributed by atoms with Crippen LogP contribution in [0, 0.1) is 24.7 Å². The van der Waals surface area contributed by atoms with E-state index in [1.165, 1.54) is 5.56 Å². The Morgan fingerprint density at radius 3 is 2.77 bits per heavy atom. The molecule has 4 rings (SSSR count). The fourth-order valence-electron chi connectivity index (χ4n) is 5.05. The van der Waals surface area contributed by atoms with E-state index >= 15 is 0 Å². The highest BCUT2D eigenvalue weighted by molar-refractivity contribution is 5.92. The van der Waals surface area contributed by atoms with E-state index in [0.29, 0.717) is 42.2 Å². The predicted octanol–water partition coefficient (Wildman–Crippen LogP) is 2.84. The first-order valence-corrected chi connectivity index (χ1v) is 10.6. The summed E-state index contributed by atoms with van der Waals surface area (Å²) >= 11 is 0. The van der Waals surface area contributed by atoms with Crippen LogP contribution in [0.25, 0.3) is 0 Å². The van der Waals surface area contributed by atoms with Crippen LogP contribution in [0.2, 0.25) is 0 Å². The van der Waals surface area contributed by atoms with Crippen molar-refractivity contribution in [2.24, 2.45) is 17.8 Å². The zero-order chi connectivity index (χ0) is 21.3. The summed E-state index contributed by atoms with van der Waals surface area (Å²) in [6.07, 6.45) is 2.39. The number of rotatable bonds is 7. The van der Waals surface area contributed by atoms with E-state index in [1.54, 1.807) is 20.1 Å². The molecule has 2 aliphatic rings. The van der Waals surface area contributed by atoms with Crippen molar-refractivity contribution in [2.75, 3.05) is 20.2 Å². The number of fused-ring (bicyclic) bond motifs is 1. The lowest BCUT2D eigenvalue weighted by Crippen LogP contribution is -2.36. The SMILES string of the molecule is COc1ccc(CCN2C(=O)C[C@H]3[C@H](CNC(=O)c4cc(C)on4)[C@@H](C)C[C@H]32)cc1. The Kier molecular flexibility index (Phi) is 5.79. The van der Waals surface area contributed by atoms with Crippen molar-refractivity contribution in [3.8, 4) is 5.75 Å². The van der Waals surface area contributed by atoms with Gasteiger partial charge in [0, 0.05) is 31.6 Å². The summed E-state index contributed by atoms with van der Waals surface area (Å²) in [5.74, 6) is 2.51. The fraction of sp³-hybridized carbons (Fsp3) is 0.522. The van der Waals surface area contributed by atoms with Crippen molar-refractivity contribution < 1.29 is 18.8 Å². The van der Waals surface area contributed by atoms with Gasteiger partial charge in [0.15, 0.2) is 5.69 Å². The van der Waals surface area contributed by atoms with Crippen molar-refractivity contribution in [3.63, 3.8) is 0 Å². The number of ether oxygens (including phenoxy) is 1. The van der Waals surface area contributed by atoms with Crippen LogP contribution in [0.15, 0.2) is 34.9 Å². The second-order valence-corrected chi connectivity index (χ2v) is 8.53. The van der Waals surface area contributed by atoms with Gasteiger partial charge in [-0.25, -0.2) is 0 Å². The second kappa shape index (κ2) is 8.50. The molecule has 1 aromatic carbocycles. The molecule has 0 bridgehead atoms. The smallest absolute Gasteiger partial charge is 0.273 e. The van der Waals surface area contributed by atoms with Gasteiger partial charge in [0.2, 0.25) is 5.91 Å². The summed E-state index contributed by atoms with van der Waals surface area (Å²) in [5.41, 5.74) is 1.50. The second-order valence-electron chi connectivity index (χ2n) is 8.53. The summed E-state index contributed by atoms with van der Waals surface area (Å²) in [6, 6.07) is 9.92. The summed E-state index contributed by atoms with van der Waals surface area (Å²) in [7, 11) is 1.66. The highest BCUT2D eigenvalue weighted by Gasteiger charge is 2.50. The molecule has 2 aromatic rings. The highest BCUT2D eigenvalue weighted by Crippen LogP contribution is 2.45. The largest absolute Gasteiger partial charge is 0.497 e. The van der Waals surface area contributed by atoms with E-state index < -0.39 is 0 Å². The molecule has 2 heterocycles. The third-order valence-electron chi connectivity index (χ3n) is 6.68. The molecule has 4 atom stereocenters.